The first-order valence-corrected chi connectivity index (χ1v) is 6.46. The van der Waals surface area contributed by atoms with Crippen LogP contribution in [-0.4, -0.2) is 23.5 Å². The van der Waals surface area contributed by atoms with Crippen LogP contribution in [0.5, 0.6) is 0 Å². The van der Waals surface area contributed by atoms with Crippen LogP contribution in [0.15, 0.2) is 30.3 Å². The molecule has 0 aliphatic carbocycles. The van der Waals surface area contributed by atoms with Crippen LogP contribution in [0, 0.1) is 0 Å². The smallest absolute Gasteiger partial charge is 0.0301 e. The lowest BCUT2D eigenvalue weighted by atomic mass is 10.2. The van der Waals surface area contributed by atoms with Gasteiger partial charge in [-0.05, 0) is 18.4 Å². The zero-order chi connectivity index (χ0) is 10.5. The Labute approximate surface area is 94.6 Å². The van der Waals surface area contributed by atoms with Crippen molar-refractivity contribution in [2.75, 3.05) is 13.1 Å². The van der Waals surface area contributed by atoms with Gasteiger partial charge in [0.15, 0.2) is 0 Å². The molecular formula is C12H16FNS. The molecule has 0 unspecified atom stereocenters. The molecule has 1 aliphatic heterocycles. The molecule has 2 rings (SSSR count). The van der Waals surface area contributed by atoms with Crippen LogP contribution in [-0.2, 0) is 5.75 Å². The van der Waals surface area contributed by atoms with Crippen LogP contribution >= 0.6 is 11.8 Å². The number of rotatable bonds is 3. The lowest BCUT2D eigenvalue weighted by Gasteiger charge is -2.25. The summed E-state index contributed by atoms with van der Waals surface area (Å²) in [5.41, 5.74) is 1.37. The molecular weight excluding hydrogens is 209 g/mol. The van der Waals surface area contributed by atoms with Crippen LogP contribution in [0.2, 0.25) is 0 Å². The van der Waals surface area contributed by atoms with Crippen molar-refractivity contribution in [3.8, 4) is 0 Å². The van der Waals surface area contributed by atoms with Gasteiger partial charge in [0.1, 0.15) is 0 Å². The van der Waals surface area contributed by atoms with Gasteiger partial charge in [0, 0.05) is 24.1 Å². The molecule has 1 fully saturated rings. The van der Waals surface area contributed by atoms with E-state index in [1.807, 2.05) is 17.8 Å². The fourth-order valence-corrected chi connectivity index (χ4v) is 2.94. The molecule has 15 heavy (non-hydrogen) atoms. The Balaban J connectivity index is 1.74. The van der Waals surface area contributed by atoms with Crippen LogP contribution in [0.3, 0.4) is 0 Å². The van der Waals surface area contributed by atoms with Crippen molar-refractivity contribution in [1.29, 1.82) is 0 Å². The molecule has 1 aromatic carbocycles. The third-order valence-electron chi connectivity index (χ3n) is 2.72. The molecule has 0 atom stereocenters. The molecule has 0 spiro atoms. The number of halogens is 1. The molecule has 0 aromatic heterocycles. The van der Waals surface area contributed by atoms with E-state index in [1.165, 1.54) is 5.56 Å². The monoisotopic (exact) mass is 225 g/mol. The standard InChI is InChI=1S/C12H16FNS/c13-14-8-6-12(7-9-14)15-10-11-4-2-1-3-5-11/h1-5,12H,6-10H2. The number of hydrogen-bond donors (Lipinski definition) is 0. The molecule has 3 heteroatoms. The van der Waals surface area contributed by atoms with Crippen molar-refractivity contribution in [2.45, 2.75) is 23.8 Å². The summed E-state index contributed by atoms with van der Waals surface area (Å²) >= 11 is 1.96. The number of thioether (sulfide) groups is 1. The van der Waals surface area contributed by atoms with Crippen molar-refractivity contribution in [1.82, 2.24) is 5.12 Å². The van der Waals surface area contributed by atoms with Crippen molar-refractivity contribution in [3.63, 3.8) is 0 Å². The van der Waals surface area contributed by atoms with E-state index < -0.39 is 0 Å². The maximum absolute atomic E-state index is 12.7. The molecule has 0 radical (unpaired) electrons. The van der Waals surface area contributed by atoms with Crippen LogP contribution in [0.1, 0.15) is 18.4 Å². The zero-order valence-electron chi connectivity index (χ0n) is 8.73. The molecule has 0 N–H and O–H groups in total. The summed E-state index contributed by atoms with van der Waals surface area (Å²) in [5, 5.41) is 1.57. The minimum Gasteiger partial charge on any atom is -0.154 e. The average Bonchev–Trinajstić information content (AvgIpc) is 2.30. The first kappa shape index (κ1) is 11.0. The molecule has 0 saturated carbocycles. The lowest BCUT2D eigenvalue weighted by molar-refractivity contribution is 0.00792. The SMILES string of the molecule is FN1CCC(SCc2ccccc2)CC1. The quantitative estimate of drug-likeness (QED) is 0.726. The van der Waals surface area contributed by atoms with E-state index in [2.05, 4.69) is 24.3 Å². The highest BCUT2D eigenvalue weighted by Crippen LogP contribution is 2.26. The number of piperidine rings is 1. The topological polar surface area (TPSA) is 3.24 Å². The van der Waals surface area contributed by atoms with Crippen molar-refractivity contribution in [2.24, 2.45) is 0 Å². The second-order valence-electron chi connectivity index (χ2n) is 3.91. The molecule has 1 nitrogen and oxygen atoms in total. The second kappa shape index (κ2) is 5.52. The predicted molar refractivity (Wildman–Crippen MR) is 63.4 cm³/mol. The Bertz CT molecular complexity index is 283. The summed E-state index contributed by atoms with van der Waals surface area (Å²) in [6.07, 6.45) is 1.96. The van der Waals surface area contributed by atoms with Crippen molar-refractivity contribution < 1.29 is 4.48 Å². The number of hydrogen-bond acceptors (Lipinski definition) is 2. The molecule has 1 saturated heterocycles. The first-order valence-electron chi connectivity index (χ1n) is 5.41. The van der Waals surface area contributed by atoms with Gasteiger partial charge in [0.2, 0.25) is 0 Å². The second-order valence-corrected chi connectivity index (χ2v) is 5.19. The van der Waals surface area contributed by atoms with Gasteiger partial charge in [0.25, 0.3) is 0 Å². The highest BCUT2D eigenvalue weighted by Gasteiger charge is 2.18. The Hall–Kier alpha value is -0.540. The first-order chi connectivity index (χ1) is 7.34. The molecule has 1 aliphatic rings. The van der Waals surface area contributed by atoms with Gasteiger partial charge >= 0.3 is 0 Å². The summed E-state index contributed by atoms with van der Waals surface area (Å²) in [6, 6.07) is 10.5. The molecule has 82 valence electrons. The van der Waals surface area contributed by atoms with Crippen LogP contribution < -0.4 is 0 Å². The minimum atomic E-state index is 0.604. The van der Waals surface area contributed by atoms with Gasteiger partial charge < -0.3 is 0 Å². The van der Waals surface area contributed by atoms with E-state index in [9.17, 15) is 4.48 Å². The van der Waals surface area contributed by atoms with E-state index in [1.54, 1.807) is 0 Å². The number of benzene rings is 1. The van der Waals surface area contributed by atoms with Gasteiger partial charge in [-0.3, -0.25) is 0 Å². The van der Waals surface area contributed by atoms with Crippen molar-refractivity contribution >= 4 is 11.8 Å². The van der Waals surface area contributed by atoms with Gasteiger partial charge in [-0.1, -0.05) is 30.3 Å². The third kappa shape index (κ3) is 3.50. The molecule has 0 amide bonds. The zero-order valence-corrected chi connectivity index (χ0v) is 9.55. The molecule has 0 bridgehead atoms. The van der Waals surface area contributed by atoms with E-state index >= 15 is 0 Å². The van der Waals surface area contributed by atoms with Gasteiger partial charge in [0.05, 0.1) is 0 Å². The minimum absolute atomic E-state index is 0.604. The number of nitrogens with zero attached hydrogens (tertiary/aromatic N) is 1. The summed E-state index contributed by atoms with van der Waals surface area (Å²) in [5.74, 6) is 1.05. The summed E-state index contributed by atoms with van der Waals surface area (Å²) in [4.78, 5) is 0. The van der Waals surface area contributed by atoms with E-state index in [0.29, 0.717) is 18.3 Å². The Morgan fingerprint density at radius 1 is 1.20 bits per heavy atom. The van der Waals surface area contributed by atoms with Gasteiger partial charge in [-0.25, -0.2) is 0 Å². The summed E-state index contributed by atoms with van der Waals surface area (Å²) in [6.45, 7) is 1.21. The van der Waals surface area contributed by atoms with E-state index in [4.69, 9.17) is 0 Å². The third-order valence-corrected chi connectivity index (χ3v) is 4.16. The van der Waals surface area contributed by atoms with Crippen LogP contribution in [0.4, 0.5) is 4.48 Å². The van der Waals surface area contributed by atoms with Crippen molar-refractivity contribution in [3.05, 3.63) is 35.9 Å². The maximum atomic E-state index is 12.7. The normalized spacial score (nSPS) is 19.3. The lowest BCUT2D eigenvalue weighted by Crippen LogP contribution is -2.28. The highest BCUT2D eigenvalue weighted by atomic mass is 32.2. The maximum Gasteiger partial charge on any atom is 0.0301 e. The van der Waals surface area contributed by atoms with E-state index in [0.717, 1.165) is 23.7 Å². The largest absolute Gasteiger partial charge is 0.154 e. The molecule has 1 heterocycles. The fourth-order valence-electron chi connectivity index (χ4n) is 1.78. The Morgan fingerprint density at radius 3 is 2.53 bits per heavy atom. The van der Waals surface area contributed by atoms with Crippen LogP contribution in [0.25, 0.3) is 0 Å². The van der Waals surface area contributed by atoms with E-state index in [-0.39, 0.29) is 0 Å². The average molecular weight is 225 g/mol. The molecule has 1 aromatic rings. The van der Waals surface area contributed by atoms with Gasteiger partial charge in [-0.2, -0.15) is 11.8 Å². The summed E-state index contributed by atoms with van der Waals surface area (Å²) < 4.78 is 12.7. The summed E-state index contributed by atoms with van der Waals surface area (Å²) in [7, 11) is 0. The highest BCUT2D eigenvalue weighted by molar-refractivity contribution is 7.99. The fraction of sp³-hybridized carbons (Fsp3) is 0.500. The predicted octanol–water partition coefficient (Wildman–Crippen LogP) is 3.27. The Kier molecular flexibility index (Phi) is 4.03. The Morgan fingerprint density at radius 2 is 1.87 bits per heavy atom. The van der Waals surface area contributed by atoms with Gasteiger partial charge in [-0.15, -0.1) is 9.60 Å².